The van der Waals surface area contributed by atoms with Crippen LogP contribution in [0.2, 0.25) is 0 Å². The number of benzene rings is 1. The van der Waals surface area contributed by atoms with Gasteiger partial charge in [0.15, 0.2) is 0 Å². The van der Waals surface area contributed by atoms with Crippen molar-refractivity contribution < 1.29 is 9.21 Å². The maximum atomic E-state index is 12.3. The normalized spacial score (nSPS) is 12.3. The molecule has 0 spiro atoms. The summed E-state index contributed by atoms with van der Waals surface area (Å²) in [7, 11) is 0. The Bertz CT molecular complexity index is 974. The van der Waals surface area contributed by atoms with Crippen LogP contribution in [0.15, 0.2) is 39.5 Å². The standard InChI is InChI=1S/C18H20N4O3/c1-11-10-15(13(3)25-11)12(2)19-17(23)8-9-22-18(24)14-6-4-5-7-16(14)20-21-22/h4-7,10,12H,8-9H2,1-3H3,(H,19,23). The van der Waals surface area contributed by atoms with Crippen molar-refractivity contribution in [3.05, 3.63) is 57.8 Å². The Kier molecular flexibility index (Phi) is 4.65. The number of fused-ring (bicyclic) bond motifs is 1. The first-order chi connectivity index (χ1) is 12.0. The Balaban J connectivity index is 1.65. The van der Waals surface area contributed by atoms with E-state index in [0.717, 1.165) is 17.1 Å². The molecule has 1 unspecified atom stereocenters. The van der Waals surface area contributed by atoms with Crippen molar-refractivity contribution in [2.24, 2.45) is 0 Å². The van der Waals surface area contributed by atoms with E-state index in [0.29, 0.717) is 10.9 Å². The van der Waals surface area contributed by atoms with Crippen LogP contribution in [0.25, 0.3) is 10.9 Å². The first-order valence-corrected chi connectivity index (χ1v) is 8.14. The molecule has 1 amide bonds. The molecule has 25 heavy (non-hydrogen) atoms. The highest BCUT2D eigenvalue weighted by Crippen LogP contribution is 2.21. The van der Waals surface area contributed by atoms with E-state index >= 15 is 0 Å². The third-order valence-electron chi connectivity index (χ3n) is 4.10. The van der Waals surface area contributed by atoms with Gasteiger partial charge in [0.05, 0.1) is 18.0 Å². The molecule has 0 aliphatic carbocycles. The monoisotopic (exact) mass is 340 g/mol. The van der Waals surface area contributed by atoms with Gasteiger partial charge >= 0.3 is 0 Å². The highest BCUT2D eigenvalue weighted by atomic mass is 16.3. The van der Waals surface area contributed by atoms with E-state index in [9.17, 15) is 9.59 Å². The minimum Gasteiger partial charge on any atom is -0.466 e. The zero-order chi connectivity index (χ0) is 18.0. The van der Waals surface area contributed by atoms with E-state index in [1.165, 1.54) is 4.68 Å². The van der Waals surface area contributed by atoms with Gasteiger partial charge in [-0.2, -0.15) is 0 Å². The second kappa shape index (κ2) is 6.88. The molecule has 2 aromatic heterocycles. The molecule has 3 rings (SSSR count). The zero-order valence-electron chi connectivity index (χ0n) is 14.4. The molecule has 3 aromatic rings. The minimum absolute atomic E-state index is 0.146. The largest absolute Gasteiger partial charge is 0.466 e. The summed E-state index contributed by atoms with van der Waals surface area (Å²) in [6.07, 6.45) is 0.146. The molecule has 0 bridgehead atoms. The third kappa shape index (κ3) is 3.60. The van der Waals surface area contributed by atoms with Crippen molar-refractivity contribution in [2.45, 2.75) is 39.8 Å². The van der Waals surface area contributed by atoms with Gasteiger partial charge in [-0.15, -0.1) is 5.10 Å². The number of nitrogens with one attached hydrogen (secondary N) is 1. The highest BCUT2D eigenvalue weighted by molar-refractivity contribution is 5.77. The lowest BCUT2D eigenvalue weighted by Crippen LogP contribution is -2.30. The number of hydrogen-bond donors (Lipinski definition) is 1. The van der Waals surface area contributed by atoms with Crippen LogP contribution in [0.5, 0.6) is 0 Å². The fraction of sp³-hybridized carbons (Fsp3) is 0.333. The molecule has 0 radical (unpaired) electrons. The first-order valence-electron chi connectivity index (χ1n) is 8.14. The summed E-state index contributed by atoms with van der Waals surface area (Å²) in [6.45, 7) is 5.82. The summed E-state index contributed by atoms with van der Waals surface area (Å²) in [4.78, 5) is 24.5. The lowest BCUT2D eigenvalue weighted by Gasteiger charge is -2.13. The predicted octanol–water partition coefficient (Wildman–Crippen LogP) is 2.27. The Morgan fingerprint density at radius 3 is 2.80 bits per heavy atom. The van der Waals surface area contributed by atoms with Crippen LogP contribution >= 0.6 is 0 Å². The average molecular weight is 340 g/mol. The summed E-state index contributed by atoms with van der Waals surface area (Å²) in [6, 6.07) is 8.77. The molecule has 1 aromatic carbocycles. The van der Waals surface area contributed by atoms with Crippen LogP contribution in [0.1, 0.15) is 36.5 Å². The van der Waals surface area contributed by atoms with Gasteiger partial charge in [0, 0.05) is 12.0 Å². The quantitative estimate of drug-likeness (QED) is 0.769. The third-order valence-corrected chi connectivity index (χ3v) is 4.10. The van der Waals surface area contributed by atoms with Gasteiger partial charge in [0.2, 0.25) is 5.91 Å². The van der Waals surface area contributed by atoms with Gasteiger partial charge in [0.25, 0.3) is 5.56 Å². The lowest BCUT2D eigenvalue weighted by atomic mass is 10.1. The number of aryl methyl sites for hydroxylation is 3. The summed E-state index contributed by atoms with van der Waals surface area (Å²) in [5.41, 5.74) is 1.26. The summed E-state index contributed by atoms with van der Waals surface area (Å²) in [5, 5.41) is 11.3. The molecule has 1 N–H and O–H groups in total. The van der Waals surface area contributed by atoms with Crippen molar-refractivity contribution in [3.8, 4) is 0 Å². The molecule has 7 nitrogen and oxygen atoms in total. The molecular weight excluding hydrogens is 320 g/mol. The van der Waals surface area contributed by atoms with Gasteiger partial charge in [0.1, 0.15) is 17.0 Å². The van der Waals surface area contributed by atoms with E-state index in [4.69, 9.17) is 4.42 Å². The second-order valence-electron chi connectivity index (χ2n) is 6.04. The number of furan rings is 1. The zero-order valence-corrected chi connectivity index (χ0v) is 14.4. The summed E-state index contributed by atoms with van der Waals surface area (Å²) >= 11 is 0. The lowest BCUT2D eigenvalue weighted by molar-refractivity contribution is -0.122. The van der Waals surface area contributed by atoms with Crippen LogP contribution in [-0.4, -0.2) is 20.9 Å². The van der Waals surface area contributed by atoms with E-state index in [1.54, 1.807) is 24.3 Å². The maximum absolute atomic E-state index is 12.3. The van der Waals surface area contributed by atoms with E-state index < -0.39 is 0 Å². The number of aromatic nitrogens is 3. The van der Waals surface area contributed by atoms with Gasteiger partial charge < -0.3 is 9.73 Å². The molecule has 2 heterocycles. The van der Waals surface area contributed by atoms with E-state index in [2.05, 4.69) is 15.6 Å². The number of carbonyl (C=O) groups is 1. The molecule has 1 atom stereocenters. The fourth-order valence-electron chi connectivity index (χ4n) is 2.85. The second-order valence-corrected chi connectivity index (χ2v) is 6.04. The van der Waals surface area contributed by atoms with Crippen molar-refractivity contribution in [1.29, 1.82) is 0 Å². The Morgan fingerprint density at radius 1 is 1.32 bits per heavy atom. The predicted molar refractivity (Wildman–Crippen MR) is 93.2 cm³/mol. The van der Waals surface area contributed by atoms with E-state index in [-0.39, 0.29) is 30.5 Å². The molecule has 130 valence electrons. The average Bonchev–Trinajstić information content (AvgIpc) is 2.93. The van der Waals surface area contributed by atoms with Gasteiger partial charge in [-0.1, -0.05) is 17.3 Å². The molecule has 0 aliphatic heterocycles. The molecular formula is C18H20N4O3. The van der Waals surface area contributed by atoms with Crippen LogP contribution in [0.3, 0.4) is 0 Å². The highest BCUT2D eigenvalue weighted by Gasteiger charge is 2.15. The number of carbonyl (C=O) groups excluding carboxylic acids is 1. The molecule has 0 saturated heterocycles. The van der Waals surface area contributed by atoms with Crippen molar-refractivity contribution in [1.82, 2.24) is 20.3 Å². The minimum atomic E-state index is -0.243. The first kappa shape index (κ1) is 16.9. The van der Waals surface area contributed by atoms with Gasteiger partial charge in [-0.3, -0.25) is 9.59 Å². The van der Waals surface area contributed by atoms with Crippen LogP contribution < -0.4 is 10.9 Å². The Hall–Kier alpha value is -2.96. The smallest absolute Gasteiger partial charge is 0.277 e. The Labute approximate surface area is 144 Å². The molecule has 0 aliphatic rings. The van der Waals surface area contributed by atoms with Gasteiger partial charge in [-0.25, -0.2) is 4.68 Å². The Morgan fingerprint density at radius 2 is 2.08 bits per heavy atom. The summed E-state index contributed by atoms with van der Waals surface area (Å²) in [5.74, 6) is 1.45. The van der Waals surface area contributed by atoms with Gasteiger partial charge in [-0.05, 0) is 39.0 Å². The van der Waals surface area contributed by atoms with Crippen molar-refractivity contribution in [2.75, 3.05) is 0 Å². The number of nitrogens with zero attached hydrogens (tertiary/aromatic N) is 3. The fourth-order valence-corrected chi connectivity index (χ4v) is 2.85. The van der Waals surface area contributed by atoms with Crippen molar-refractivity contribution >= 4 is 16.8 Å². The number of rotatable bonds is 5. The van der Waals surface area contributed by atoms with Crippen LogP contribution in [-0.2, 0) is 11.3 Å². The molecule has 0 fully saturated rings. The topological polar surface area (TPSA) is 90.0 Å². The number of hydrogen-bond acceptors (Lipinski definition) is 5. The number of amides is 1. The van der Waals surface area contributed by atoms with Crippen LogP contribution in [0, 0.1) is 13.8 Å². The summed E-state index contributed by atoms with van der Waals surface area (Å²) < 4.78 is 6.71. The van der Waals surface area contributed by atoms with Crippen molar-refractivity contribution in [3.63, 3.8) is 0 Å². The van der Waals surface area contributed by atoms with Crippen LogP contribution in [0.4, 0.5) is 0 Å². The molecule has 0 saturated carbocycles. The SMILES string of the molecule is Cc1cc(C(C)NC(=O)CCn2nnc3ccccc3c2=O)c(C)o1. The molecule has 7 heteroatoms. The van der Waals surface area contributed by atoms with E-state index in [1.807, 2.05) is 26.8 Å². The maximum Gasteiger partial charge on any atom is 0.277 e.